The Bertz CT molecular complexity index is 729. The number of sulfone groups is 1. The first-order valence-electron chi connectivity index (χ1n) is 6.68. The molecule has 1 fully saturated rings. The summed E-state index contributed by atoms with van der Waals surface area (Å²) < 4.78 is 51.6. The van der Waals surface area contributed by atoms with Crippen molar-refractivity contribution in [3.05, 3.63) is 12.5 Å². The minimum absolute atomic E-state index is 0.00148. The van der Waals surface area contributed by atoms with E-state index in [4.69, 9.17) is 0 Å². The lowest BCUT2D eigenvalue weighted by Crippen LogP contribution is -2.39. The maximum atomic E-state index is 12.4. The predicted octanol–water partition coefficient (Wildman–Crippen LogP) is 0.396. The zero-order valence-electron chi connectivity index (χ0n) is 12.6. The molecule has 1 aliphatic heterocycles. The van der Waals surface area contributed by atoms with Crippen LogP contribution in [0.4, 0.5) is 0 Å². The fraction of sp³-hybridized carbons (Fsp3) is 0.750. The lowest BCUT2D eigenvalue weighted by Gasteiger charge is -2.24. The Morgan fingerprint density at radius 1 is 1.24 bits per heavy atom. The lowest BCUT2D eigenvalue weighted by atomic mass is 10.3. The molecule has 2 heterocycles. The molecule has 1 atom stereocenters. The summed E-state index contributed by atoms with van der Waals surface area (Å²) in [6.45, 7) is 5.12. The summed E-state index contributed by atoms with van der Waals surface area (Å²) in [6.07, 6.45) is 3.15. The number of nitrogens with zero attached hydrogens (tertiary/aromatic N) is 3. The molecule has 0 saturated carbocycles. The van der Waals surface area contributed by atoms with Gasteiger partial charge in [-0.2, -0.15) is 4.31 Å². The fourth-order valence-corrected chi connectivity index (χ4v) is 5.68. The van der Waals surface area contributed by atoms with Crippen LogP contribution < -0.4 is 0 Å². The van der Waals surface area contributed by atoms with Crippen molar-refractivity contribution in [2.24, 2.45) is 7.05 Å². The maximum absolute atomic E-state index is 12.4. The van der Waals surface area contributed by atoms with E-state index in [1.54, 1.807) is 32.4 Å². The molecule has 21 heavy (non-hydrogen) atoms. The van der Waals surface area contributed by atoms with E-state index in [0.717, 1.165) is 0 Å². The molecular weight excluding hydrogens is 314 g/mol. The van der Waals surface area contributed by atoms with Crippen LogP contribution in [0.25, 0.3) is 0 Å². The number of imidazole rings is 1. The molecule has 120 valence electrons. The summed E-state index contributed by atoms with van der Waals surface area (Å²) in [5.41, 5.74) is 0. The van der Waals surface area contributed by atoms with Gasteiger partial charge < -0.3 is 4.57 Å². The molecule has 7 nitrogen and oxygen atoms in total. The molecule has 0 bridgehead atoms. The number of sulfonamides is 1. The molecule has 9 heteroatoms. The van der Waals surface area contributed by atoms with E-state index >= 15 is 0 Å². The van der Waals surface area contributed by atoms with Crippen molar-refractivity contribution >= 4 is 19.9 Å². The molecule has 0 N–H and O–H groups in total. The van der Waals surface area contributed by atoms with E-state index in [1.807, 2.05) is 0 Å². The minimum Gasteiger partial charge on any atom is -0.339 e. The van der Waals surface area contributed by atoms with Gasteiger partial charge in [0.2, 0.25) is 0 Å². The summed E-state index contributed by atoms with van der Waals surface area (Å²) in [4.78, 5) is 3.85. The Balaban J connectivity index is 2.24. The van der Waals surface area contributed by atoms with Crippen molar-refractivity contribution < 1.29 is 16.8 Å². The number of hydrogen-bond donors (Lipinski definition) is 0. The third-order valence-electron chi connectivity index (χ3n) is 3.69. The minimum atomic E-state index is -3.72. The molecule has 1 aromatic heterocycles. The average Bonchev–Trinajstić information content (AvgIpc) is 2.95. The second-order valence-electron chi connectivity index (χ2n) is 6.31. The third-order valence-corrected chi connectivity index (χ3v) is 8.41. The molecule has 1 unspecified atom stereocenters. The second kappa shape index (κ2) is 5.06. The van der Waals surface area contributed by atoms with Crippen LogP contribution in [0, 0.1) is 0 Å². The zero-order chi connectivity index (χ0) is 16.1. The first kappa shape index (κ1) is 16.4. The van der Waals surface area contributed by atoms with Gasteiger partial charge in [-0.05, 0) is 27.2 Å². The van der Waals surface area contributed by atoms with E-state index in [2.05, 4.69) is 4.98 Å². The van der Waals surface area contributed by atoms with Gasteiger partial charge in [0.05, 0.1) is 16.3 Å². The van der Waals surface area contributed by atoms with Crippen LogP contribution >= 0.6 is 0 Å². The van der Waals surface area contributed by atoms with Gasteiger partial charge in [-0.15, -0.1) is 0 Å². The highest BCUT2D eigenvalue weighted by atomic mass is 32.2. The molecular formula is C12H21N3O4S2. The van der Waals surface area contributed by atoms with Crippen LogP contribution in [0.1, 0.15) is 27.2 Å². The van der Waals surface area contributed by atoms with Crippen molar-refractivity contribution in [1.82, 2.24) is 13.9 Å². The molecule has 1 aromatic rings. The number of aromatic nitrogens is 2. The molecule has 0 amide bonds. The van der Waals surface area contributed by atoms with E-state index in [1.165, 1.54) is 16.8 Å². The standard InChI is InChI=1S/C12H21N3O4S2/c1-12(2,3)20(16,17)10-5-6-15(7-10)21(18,19)11-8-14(4)9-13-11/h8-10H,5-7H2,1-4H3. The van der Waals surface area contributed by atoms with Gasteiger partial charge in [0.25, 0.3) is 10.0 Å². The van der Waals surface area contributed by atoms with Gasteiger partial charge in [0, 0.05) is 26.3 Å². The van der Waals surface area contributed by atoms with E-state index < -0.39 is 29.9 Å². The van der Waals surface area contributed by atoms with Gasteiger partial charge in [-0.3, -0.25) is 0 Å². The van der Waals surface area contributed by atoms with E-state index in [0.29, 0.717) is 6.42 Å². The van der Waals surface area contributed by atoms with Gasteiger partial charge in [-0.25, -0.2) is 21.8 Å². The topological polar surface area (TPSA) is 89.3 Å². The van der Waals surface area contributed by atoms with Crippen LogP contribution in [0.5, 0.6) is 0 Å². The van der Waals surface area contributed by atoms with Gasteiger partial charge in [-0.1, -0.05) is 0 Å². The first-order chi connectivity index (χ1) is 9.46. The number of hydrogen-bond acceptors (Lipinski definition) is 5. The Kier molecular flexibility index (Phi) is 3.96. The summed E-state index contributed by atoms with van der Waals surface area (Å²) in [5.74, 6) is 0. The summed E-state index contributed by atoms with van der Waals surface area (Å²) in [6, 6.07) is 0. The van der Waals surface area contributed by atoms with Crippen molar-refractivity contribution in [3.8, 4) is 0 Å². The van der Waals surface area contributed by atoms with Gasteiger partial charge in [0.15, 0.2) is 14.9 Å². The quantitative estimate of drug-likeness (QED) is 0.797. The number of aryl methyl sites for hydroxylation is 1. The van der Waals surface area contributed by atoms with Crippen LogP contribution in [-0.4, -0.2) is 53.8 Å². The molecule has 0 radical (unpaired) electrons. The van der Waals surface area contributed by atoms with Crippen LogP contribution in [0.3, 0.4) is 0 Å². The lowest BCUT2D eigenvalue weighted by molar-refractivity contribution is 0.472. The van der Waals surface area contributed by atoms with Crippen molar-refractivity contribution in [2.75, 3.05) is 13.1 Å². The van der Waals surface area contributed by atoms with Gasteiger partial charge >= 0.3 is 0 Å². The summed E-state index contributed by atoms with van der Waals surface area (Å²) in [7, 11) is -5.41. The molecule has 1 aliphatic rings. The Labute approximate surface area is 125 Å². The highest BCUT2D eigenvalue weighted by Crippen LogP contribution is 2.29. The largest absolute Gasteiger partial charge is 0.339 e. The second-order valence-corrected chi connectivity index (χ2v) is 11.2. The summed E-state index contributed by atoms with van der Waals surface area (Å²) in [5, 5.41) is -0.699. The maximum Gasteiger partial charge on any atom is 0.262 e. The smallest absolute Gasteiger partial charge is 0.262 e. The highest BCUT2D eigenvalue weighted by molar-refractivity contribution is 7.93. The molecule has 0 aliphatic carbocycles. The van der Waals surface area contributed by atoms with Crippen LogP contribution in [-0.2, 0) is 26.9 Å². The monoisotopic (exact) mass is 335 g/mol. The normalized spacial score (nSPS) is 21.8. The number of rotatable bonds is 3. The molecule has 0 spiro atoms. The Hall–Kier alpha value is -0.930. The van der Waals surface area contributed by atoms with Crippen molar-refractivity contribution in [1.29, 1.82) is 0 Å². The first-order valence-corrected chi connectivity index (χ1v) is 9.66. The summed E-state index contributed by atoms with van der Waals surface area (Å²) >= 11 is 0. The van der Waals surface area contributed by atoms with Crippen LogP contribution in [0.2, 0.25) is 0 Å². The zero-order valence-corrected chi connectivity index (χ0v) is 14.3. The average molecular weight is 335 g/mol. The fourth-order valence-electron chi connectivity index (χ4n) is 2.32. The van der Waals surface area contributed by atoms with E-state index in [-0.39, 0.29) is 18.1 Å². The molecule has 2 rings (SSSR count). The molecule has 1 saturated heterocycles. The highest BCUT2D eigenvalue weighted by Gasteiger charge is 2.44. The van der Waals surface area contributed by atoms with Gasteiger partial charge in [0.1, 0.15) is 0 Å². The van der Waals surface area contributed by atoms with Crippen molar-refractivity contribution in [3.63, 3.8) is 0 Å². The Morgan fingerprint density at radius 3 is 2.33 bits per heavy atom. The van der Waals surface area contributed by atoms with Crippen LogP contribution in [0.15, 0.2) is 17.6 Å². The Morgan fingerprint density at radius 2 is 1.86 bits per heavy atom. The third kappa shape index (κ3) is 2.86. The SMILES string of the molecule is Cn1cnc(S(=O)(=O)N2CCC(S(=O)(=O)C(C)(C)C)C2)c1. The molecule has 0 aromatic carbocycles. The van der Waals surface area contributed by atoms with E-state index in [9.17, 15) is 16.8 Å². The van der Waals surface area contributed by atoms with Crippen molar-refractivity contribution in [2.45, 2.75) is 42.2 Å². The predicted molar refractivity (Wildman–Crippen MR) is 79.0 cm³/mol.